The van der Waals surface area contributed by atoms with Gasteiger partial charge in [-0.2, -0.15) is 0 Å². The van der Waals surface area contributed by atoms with Crippen LogP contribution in [0.25, 0.3) is 32.7 Å². The van der Waals surface area contributed by atoms with Crippen LogP contribution in [-0.2, 0) is 15.0 Å². The number of phenols is 2. The number of rotatable bonds is 1. The first-order valence-corrected chi connectivity index (χ1v) is 17.1. The number of benzene rings is 4. The van der Waals surface area contributed by atoms with E-state index in [2.05, 4.69) is 58.2 Å². The van der Waals surface area contributed by atoms with Crippen LogP contribution in [0.4, 0.5) is 0 Å². The van der Waals surface area contributed by atoms with E-state index in [-0.39, 0.29) is 26.5 Å². The molecule has 2 N–H and O–H groups in total. The summed E-state index contributed by atoms with van der Waals surface area (Å²) in [6, 6.07) is 18.8. The molecule has 4 aromatic rings. The maximum atomic E-state index is 10.5. The Kier molecular flexibility index (Phi) is 7.45. The van der Waals surface area contributed by atoms with Gasteiger partial charge in [-0.3, -0.25) is 0 Å². The Hall–Kier alpha value is -0.366. The number of hydrogen-bond acceptors (Lipinski definition) is 2. The second kappa shape index (κ2) is 9.42. The van der Waals surface area contributed by atoms with Gasteiger partial charge in [-0.05, 0) is 57.9 Å². The summed E-state index contributed by atoms with van der Waals surface area (Å²) >= 11 is 13.5. The Morgan fingerprint density at radius 2 is 0.963 bits per heavy atom. The summed E-state index contributed by atoms with van der Waals surface area (Å²) in [5, 5.41) is 24.8. The zero-order valence-corrected chi connectivity index (χ0v) is 21.6. The third-order valence-corrected chi connectivity index (χ3v) is 5.16. The van der Waals surface area contributed by atoms with E-state index in [9.17, 15) is 10.2 Å². The average Bonchev–Trinajstić information content (AvgIpc) is 2.63. The van der Waals surface area contributed by atoms with Gasteiger partial charge in [-0.1, -0.05) is 56.1 Å². The van der Waals surface area contributed by atoms with E-state index in [0.717, 1.165) is 30.5 Å². The molecule has 4 aromatic carbocycles. The van der Waals surface area contributed by atoms with Gasteiger partial charge >= 0.3 is 41.3 Å². The summed E-state index contributed by atoms with van der Waals surface area (Å²) in [6.45, 7) is 0. The normalized spacial score (nSPS) is 10.5. The molecular weight excluding hydrogens is 640 g/mol. The molecule has 0 heterocycles. The third-order valence-electron chi connectivity index (χ3n) is 4.17. The third kappa shape index (κ3) is 4.63. The van der Waals surface area contributed by atoms with Crippen molar-refractivity contribution in [3.8, 4) is 22.6 Å². The predicted molar refractivity (Wildman–Crippen MR) is 123 cm³/mol. The van der Waals surface area contributed by atoms with E-state index >= 15 is 0 Å². The van der Waals surface area contributed by atoms with Gasteiger partial charge in [0, 0.05) is 20.1 Å². The Bertz CT molecular complexity index is 1040. The van der Waals surface area contributed by atoms with Crippen molar-refractivity contribution in [2.24, 2.45) is 0 Å². The van der Waals surface area contributed by atoms with Crippen molar-refractivity contribution in [1.29, 1.82) is 0 Å². The van der Waals surface area contributed by atoms with Crippen LogP contribution in [0.1, 0.15) is 0 Å². The van der Waals surface area contributed by atoms with Crippen molar-refractivity contribution in [1.82, 2.24) is 0 Å². The molecule has 136 valence electrons. The van der Waals surface area contributed by atoms with Crippen molar-refractivity contribution in [3.05, 3.63) is 69.6 Å². The van der Waals surface area contributed by atoms with Crippen LogP contribution in [0.5, 0.6) is 11.5 Å². The monoisotopic (exact) mass is 648 g/mol. The summed E-state index contributed by atoms with van der Waals surface area (Å²) < 4.78 is 1.94. The van der Waals surface area contributed by atoms with E-state index in [1.807, 2.05) is 48.5 Å². The predicted octanol–water partition coefficient (Wildman–Crippen LogP) is 8.28. The molecule has 4 rings (SSSR count). The zero-order valence-electron chi connectivity index (χ0n) is 13.7. The molecule has 0 atom stereocenters. The van der Waals surface area contributed by atoms with Crippen molar-refractivity contribution < 1.29 is 25.2 Å². The van der Waals surface area contributed by atoms with Crippen LogP contribution < -0.4 is 0 Å². The fraction of sp³-hybridized carbons (Fsp3) is 0. The molecule has 0 radical (unpaired) electrons. The van der Waals surface area contributed by atoms with Crippen LogP contribution in [0.2, 0.25) is 0 Å². The molecule has 0 aliphatic rings. The molecule has 0 aromatic heterocycles. The van der Waals surface area contributed by atoms with E-state index in [4.69, 9.17) is 0 Å². The molecule has 0 aliphatic carbocycles. The number of halogens is 4. The number of hydrogen-bond donors (Lipinski definition) is 2. The quantitative estimate of drug-likeness (QED) is 0.204. The number of phenolic OH excluding ortho intramolecular Hbond substituents is 2. The second-order valence-corrected chi connectivity index (χ2v) is 15.4. The first-order valence-electron chi connectivity index (χ1n) is 7.75. The van der Waals surface area contributed by atoms with Gasteiger partial charge < -0.3 is 10.2 Å². The summed E-state index contributed by atoms with van der Waals surface area (Å²) in [7, 11) is 0. The Balaban J connectivity index is 0.000000659. The van der Waals surface area contributed by atoms with Gasteiger partial charge in [0.2, 0.25) is 0 Å². The van der Waals surface area contributed by atoms with Crippen molar-refractivity contribution in [3.63, 3.8) is 0 Å². The molecule has 0 spiro atoms. The Labute approximate surface area is 195 Å². The van der Waals surface area contributed by atoms with Crippen molar-refractivity contribution in [2.45, 2.75) is 0 Å². The fourth-order valence-electron chi connectivity index (χ4n) is 3.10. The average molecular weight is 652 g/mol. The van der Waals surface area contributed by atoms with Crippen LogP contribution in [-0.4, -0.2) is 10.2 Å². The molecule has 27 heavy (non-hydrogen) atoms. The molecule has 0 bridgehead atoms. The van der Waals surface area contributed by atoms with Gasteiger partial charge in [-0.25, -0.2) is 0 Å². The summed E-state index contributed by atoms with van der Waals surface area (Å²) in [5.41, 5.74) is 1.29. The standard InChI is InChI=1S/C20H12Br2O2.2BrH.Ti/c21-13-3-5-15-11(9-13)1-7-17(23)19(15)20-16-6-4-14(22)10-12(16)2-8-18(20)24;;;/h1-10,23-24H;2*1H;/q;;;+2/p-2. The molecule has 0 fully saturated rings. The van der Waals surface area contributed by atoms with E-state index in [0.29, 0.717) is 11.1 Å². The maximum absolute atomic E-state index is 10.5. The topological polar surface area (TPSA) is 40.5 Å². The summed E-state index contributed by atoms with van der Waals surface area (Å²) in [4.78, 5) is 0. The van der Waals surface area contributed by atoms with E-state index in [1.54, 1.807) is 12.1 Å². The number of fused-ring (bicyclic) bond motifs is 2. The summed E-state index contributed by atoms with van der Waals surface area (Å²) in [5.74, 6) is 0.297. The Morgan fingerprint density at radius 3 is 1.33 bits per heavy atom. The first kappa shape index (κ1) is 21.3. The Morgan fingerprint density at radius 1 is 0.593 bits per heavy atom. The molecule has 2 nitrogen and oxygen atoms in total. The van der Waals surface area contributed by atoms with Crippen molar-refractivity contribution >= 4 is 79.7 Å². The first-order chi connectivity index (χ1) is 13.0. The molecule has 0 saturated carbocycles. The van der Waals surface area contributed by atoms with Gasteiger partial charge in [0.1, 0.15) is 11.5 Å². The molecular formula is C20H12Br4O2Ti. The zero-order chi connectivity index (χ0) is 19.6. The molecule has 0 unspecified atom stereocenters. The van der Waals surface area contributed by atoms with E-state index < -0.39 is 0 Å². The summed E-state index contributed by atoms with van der Waals surface area (Å²) in [6.07, 6.45) is 0. The van der Waals surface area contributed by atoms with Gasteiger partial charge in [-0.15, -0.1) is 0 Å². The second-order valence-electron chi connectivity index (χ2n) is 5.72. The molecule has 7 heteroatoms. The fourth-order valence-corrected chi connectivity index (χ4v) is 3.86. The number of aromatic hydroxyl groups is 2. The molecule has 0 amide bonds. The van der Waals surface area contributed by atoms with Crippen LogP contribution in [0.15, 0.2) is 69.6 Å². The van der Waals surface area contributed by atoms with Crippen molar-refractivity contribution in [2.75, 3.05) is 0 Å². The minimum absolute atomic E-state index is 0.125. The molecule has 0 saturated heterocycles. The molecule has 0 aliphatic heterocycles. The van der Waals surface area contributed by atoms with E-state index in [1.165, 1.54) is 0 Å². The van der Waals surface area contributed by atoms with Gasteiger partial charge in [0.05, 0.1) is 0 Å². The minimum atomic E-state index is 0.125. The van der Waals surface area contributed by atoms with Gasteiger partial charge in [0.15, 0.2) is 0 Å². The van der Waals surface area contributed by atoms with Gasteiger partial charge in [0.25, 0.3) is 0 Å². The van der Waals surface area contributed by atoms with Crippen LogP contribution in [0, 0.1) is 0 Å². The van der Waals surface area contributed by atoms with Crippen LogP contribution in [0.3, 0.4) is 0 Å². The van der Waals surface area contributed by atoms with Crippen LogP contribution >= 0.6 is 58.2 Å². The SMILES string of the molecule is Oc1ccc2cc(Br)ccc2c1-c1c(O)ccc2cc(Br)ccc12.[Br][Ti][Br].